The number of carbonyl (C=O) groups is 1. The van der Waals surface area contributed by atoms with E-state index in [-0.39, 0.29) is 17.9 Å². The molecule has 142 valence electrons. The highest BCUT2D eigenvalue weighted by molar-refractivity contribution is 5.94. The lowest BCUT2D eigenvalue weighted by atomic mass is 10.0. The second-order valence-electron chi connectivity index (χ2n) is 6.40. The highest BCUT2D eigenvalue weighted by Gasteiger charge is 2.36. The zero-order valence-electron chi connectivity index (χ0n) is 14.5. The van der Waals surface area contributed by atoms with E-state index in [0.29, 0.717) is 17.5 Å². The fourth-order valence-corrected chi connectivity index (χ4v) is 3.27. The third-order valence-electron chi connectivity index (χ3n) is 4.69. The Morgan fingerprint density at radius 3 is 2.54 bits per heavy atom. The summed E-state index contributed by atoms with van der Waals surface area (Å²) in [5, 5.41) is 10.6. The molecule has 28 heavy (non-hydrogen) atoms. The number of hydrogen-bond acceptors (Lipinski definition) is 5. The van der Waals surface area contributed by atoms with E-state index in [1.165, 1.54) is 12.1 Å². The number of carbonyl (C=O) groups excluding carboxylic acids is 1. The number of aromatic nitrogens is 2. The summed E-state index contributed by atoms with van der Waals surface area (Å²) in [7, 11) is 0. The van der Waals surface area contributed by atoms with Gasteiger partial charge in [0, 0.05) is 12.1 Å². The first kappa shape index (κ1) is 17.7. The van der Waals surface area contributed by atoms with Crippen molar-refractivity contribution in [2.24, 2.45) is 0 Å². The fourth-order valence-electron chi connectivity index (χ4n) is 3.27. The molecule has 4 rings (SSSR count). The lowest BCUT2D eigenvalue weighted by Crippen LogP contribution is -2.34. The predicted octanol–water partition coefficient (Wildman–Crippen LogP) is 1.88. The van der Waals surface area contributed by atoms with Crippen molar-refractivity contribution in [2.75, 3.05) is 0 Å². The molecule has 1 aromatic heterocycles. The maximum absolute atomic E-state index is 13.0. The van der Waals surface area contributed by atoms with Crippen LogP contribution in [-0.2, 0) is 17.7 Å². The highest BCUT2D eigenvalue weighted by atomic mass is 19.1. The molecule has 0 aliphatic carbocycles. The van der Waals surface area contributed by atoms with Crippen molar-refractivity contribution in [3.63, 3.8) is 0 Å². The Balaban J connectivity index is 1.73. The molecule has 1 aliphatic heterocycles. The van der Waals surface area contributed by atoms with Gasteiger partial charge in [-0.3, -0.25) is 14.3 Å². The molecule has 2 N–H and O–H groups in total. The summed E-state index contributed by atoms with van der Waals surface area (Å²) in [4.78, 5) is 38.8. The number of aromatic amines is 1. The van der Waals surface area contributed by atoms with Crippen LogP contribution in [0.2, 0.25) is 0 Å². The summed E-state index contributed by atoms with van der Waals surface area (Å²) in [5.74, 6) is -1.55. The van der Waals surface area contributed by atoms with Crippen LogP contribution in [0.4, 0.5) is 4.39 Å². The van der Waals surface area contributed by atoms with E-state index in [0.717, 1.165) is 10.1 Å². The standard InChI is InChI=1S/C20H15FN2O5/c21-12-7-5-11(6-8-12)9-10-23-18(25)15(17(24)22-20(23)27)16-13-3-1-2-4-14(13)19(26)28-16/h1-8,16,25H,9-10H2,(H,22,24,27). The Kier molecular flexibility index (Phi) is 4.31. The molecule has 2 heterocycles. The topological polar surface area (TPSA) is 101 Å². The SMILES string of the molecule is O=C1OC(c2c(O)n(CCc3ccc(F)cc3)c(=O)[nH]c2=O)c2ccccc21. The number of aryl methyl sites for hydroxylation is 1. The zero-order chi connectivity index (χ0) is 19.8. The number of esters is 1. The van der Waals surface area contributed by atoms with Crippen LogP contribution >= 0.6 is 0 Å². The molecular weight excluding hydrogens is 367 g/mol. The number of nitrogens with one attached hydrogen (secondary N) is 1. The summed E-state index contributed by atoms with van der Waals surface area (Å²) in [5.41, 5.74) is -0.330. The molecule has 0 saturated carbocycles. The van der Waals surface area contributed by atoms with Gasteiger partial charge < -0.3 is 9.84 Å². The van der Waals surface area contributed by atoms with Gasteiger partial charge in [0.05, 0.1) is 5.56 Å². The van der Waals surface area contributed by atoms with Gasteiger partial charge >= 0.3 is 11.7 Å². The number of hydrogen-bond donors (Lipinski definition) is 2. The van der Waals surface area contributed by atoms with Gasteiger partial charge in [-0.25, -0.2) is 14.0 Å². The second-order valence-corrected chi connectivity index (χ2v) is 6.40. The number of halogens is 1. The van der Waals surface area contributed by atoms with Crippen molar-refractivity contribution in [3.05, 3.63) is 97.4 Å². The quantitative estimate of drug-likeness (QED) is 0.671. The number of rotatable bonds is 4. The van der Waals surface area contributed by atoms with Gasteiger partial charge in [-0.05, 0) is 30.2 Å². The van der Waals surface area contributed by atoms with Crippen LogP contribution in [0.15, 0.2) is 58.1 Å². The van der Waals surface area contributed by atoms with E-state index in [4.69, 9.17) is 4.74 Å². The van der Waals surface area contributed by atoms with E-state index >= 15 is 0 Å². The molecule has 8 heteroatoms. The monoisotopic (exact) mass is 382 g/mol. The van der Waals surface area contributed by atoms with Gasteiger partial charge in [0.15, 0.2) is 6.10 Å². The average molecular weight is 382 g/mol. The van der Waals surface area contributed by atoms with Crippen molar-refractivity contribution >= 4 is 5.97 Å². The zero-order valence-corrected chi connectivity index (χ0v) is 14.5. The number of fused-ring (bicyclic) bond motifs is 1. The third kappa shape index (κ3) is 2.98. The molecule has 1 aliphatic rings. The molecule has 0 spiro atoms. The number of cyclic esters (lactones) is 1. The summed E-state index contributed by atoms with van der Waals surface area (Å²) >= 11 is 0. The number of H-pyrrole nitrogens is 1. The van der Waals surface area contributed by atoms with E-state index in [2.05, 4.69) is 4.98 Å². The molecule has 0 fully saturated rings. The van der Waals surface area contributed by atoms with E-state index in [9.17, 15) is 23.9 Å². The van der Waals surface area contributed by atoms with E-state index < -0.39 is 29.2 Å². The Labute approximate surface area is 157 Å². The Morgan fingerprint density at radius 2 is 1.79 bits per heavy atom. The molecule has 1 unspecified atom stereocenters. The molecule has 3 aromatic rings. The molecule has 0 saturated heterocycles. The third-order valence-corrected chi connectivity index (χ3v) is 4.69. The van der Waals surface area contributed by atoms with Gasteiger partial charge in [-0.1, -0.05) is 30.3 Å². The lowest BCUT2D eigenvalue weighted by molar-refractivity contribution is 0.0448. The smallest absolute Gasteiger partial charge is 0.339 e. The van der Waals surface area contributed by atoms with Crippen LogP contribution in [-0.4, -0.2) is 20.6 Å². The second kappa shape index (κ2) is 6.80. The van der Waals surface area contributed by atoms with E-state index in [1.54, 1.807) is 36.4 Å². The maximum Gasteiger partial charge on any atom is 0.339 e. The molecule has 7 nitrogen and oxygen atoms in total. The van der Waals surface area contributed by atoms with Crippen molar-refractivity contribution in [1.29, 1.82) is 0 Å². The minimum Gasteiger partial charge on any atom is -0.494 e. The van der Waals surface area contributed by atoms with Crippen molar-refractivity contribution in [3.8, 4) is 5.88 Å². The molecule has 0 radical (unpaired) electrons. The van der Waals surface area contributed by atoms with Crippen LogP contribution in [0.5, 0.6) is 5.88 Å². The van der Waals surface area contributed by atoms with Crippen LogP contribution < -0.4 is 11.2 Å². The number of nitrogens with zero attached hydrogens (tertiary/aromatic N) is 1. The number of aromatic hydroxyl groups is 1. The van der Waals surface area contributed by atoms with Gasteiger partial charge in [0.2, 0.25) is 5.88 Å². The largest absolute Gasteiger partial charge is 0.494 e. The molecular formula is C20H15FN2O5. The van der Waals surface area contributed by atoms with Crippen LogP contribution in [0.25, 0.3) is 0 Å². The summed E-state index contributed by atoms with van der Waals surface area (Å²) in [6.07, 6.45) is -0.787. The van der Waals surface area contributed by atoms with Crippen LogP contribution in [0, 0.1) is 5.82 Å². The maximum atomic E-state index is 13.0. The Bertz CT molecular complexity index is 1180. The van der Waals surface area contributed by atoms with Crippen LogP contribution in [0.3, 0.4) is 0 Å². The predicted molar refractivity (Wildman–Crippen MR) is 96.8 cm³/mol. The first-order chi connectivity index (χ1) is 13.5. The summed E-state index contributed by atoms with van der Waals surface area (Å²) < 4.78 is 19.3. The molecule has 0 bridgehead atoms. The minimum atomic E-state index is -1.11. The van der Waals surface area contributed by atoms with Crippen molar-refractivity contribution < 1.29 is 19.0 Å². The first-order valence-corrected chi connectivity index (χ1v) is 8.56. The fraction of sp³-hybridized carbons (Fsp3) is 0.150. The highest BCUT2D eigenvalue weighted by Crippen LogP contribution is 2.37. The van der Waals surface area contributed by atoms with Gasteiger partial charge in [0.1, 0.15) is 11.4 Å². The molecule has 1 atom stereocenters. The summed E-state index contributed by atoms with van der Waals surface area (Å²) in [6, 6.07) is 12.3. The summed E-state index contributed by atoms with van der Waals surface area (Å²) in [6.45, 7) is 0.0440. The molecule has 0 amide bonds. The number of ether oxygens (including phenoxy) is 1. The van der Waals surface area contributed by atoms with Crippen molar-refractivity contribution in [1.82, 2.24) is 9.55 Å². The average Bonchev–Trinajstić information content (AvgIpc) is 3.00. The number of benzene rings is 2. The lowest BCUT2D eigenvalue weighted by Gasteiger charge is -2.15. The minimum absolute atomic E-state index is 0.0440. The van der Waals surface area contributed by atoms with E-state index in [1.807, 2.05) is 0 Å². The van der Waals surface area contributed by atoms with Crippen LogP contribution in [0.1, 0.15) is 33.2 Å². The van der Waals surface area contributed by atoms with Gasteiger partial charge in [0.25, 0.3) is 5.56 Å². The first-order valence-electron chi connectivity index (χ1n) is 8.56. The van der Waals surface area contributed by atoms with Crippen molar-refractivity contribution in [2.45, 2.75) is 19.1 Å². The van der Waals surface area contributed by atoms with Gasteiger partial charge in [-0.15, -0.1) is 0 Å². The Hall–Kier alpha value is -3.68. The normalized spacial score (nSPS) is 15.3. The Morgan fingerprint density at radius 1 is 1.07 bits per heavy atom. The molecule has 2 aromatic carbocycles. The van der Waals surface area contributed by atoms with Gasteiger partial charge in [-0.2, -0.15) is 0 Å².